The minimum absolute atomic E-state index is 0.522. The molecular formula is C20H13N3OS2. The molecule has 0 amide bonds. The molecule has 0 bridgehead atoms. The largest absolute Gasteiger partial charge is 0.497 e. The van der Waals surface area contributed by atoms with Gasteiger partial charge in [-0.15, -0.1) is 22.7 Å². The number of para-hydroxylation sites is 1. The third-order valence-corrected chi connectivity index (χ3v) is 5.75. The van der Waals surface area contributed by atoms with E-state index in [9.17, 15) is 5.26 Å². The molecule has 0 fully saturated rings. The summed E-state index contributed by atoms with van der Waals surface area (Å²) in [7, 11) is 1.65. The molecule has 0 atom stereocenters. The second-order valence-corrected chi connectivity index (χ2v) is 7.35. The van der Waals surface area contributed by atoms with Crippen molar-refractivity contribution in [2.45, 2.75) is 0 Å². The quantitative estimate of drug-likeness (QED) is 0.442. The predicted octanol–water partition coefficient (Wildman–Crippen LogP) is 5.49. The highest BCUT2D eigenvalue weighted by atomic mass is 32.1. The fraction of sp³-hybridized carbons (Fsp3) is 0.0500. The molecule has 0 unspecified atom stereocenters. The Kier molecular flexibility index (Phi) is 4.48. The number of hydrogen-bond acceptors (Lipinski definition) is 6. The van der Waals surface area contributed by atoms with Crippen LogP contribution in [-0.4, -0.2) is 17.1 Å². The lowest BCUT2D eigenvalue weighted by Crippen LogP contribution is -1.84. The van der Waals surface area contributed by atoms with Gasteiger partial charge in [0.2, 0.25) is 0 Å². The highest BCUT2D eigenvalue weighted by Crippen LogP contribution is 2.30. The fourth-order valence-corrected chi connectivity index (χ4v) is 4.22. The van der Waals surface area contributed by atoms with E-state index >= 15 is 0 Å². The van der Waals surface area contributed by atoms with Crippen LogP contribution in [0, 0.1) is 11.3 Å². The van der Waals surface area contributed by atoms with Crippen LogP contribution in [0.1, 0.15) is 10.7 Å². The molecular weight excluding hydrogens is 362 g/mol. The molecule has 0 saturated heterocycles. The molecule has 0 N–H and O–H groups in total. The first-order valence-electron chi connectivity index (χ1n) is 7.84. The van der Waals surface area contributed by atoms with Crippen LogP contribution in [0.4, 0.5) is 0 Å². The van der Waals surface area contributed by atoms with Gasteiger partial charge in [-0.05, 0) is 30.3 Å². The van der Waals surface area contributed by atoms with Crippen molar-refractivity contribution in [3.8, 4) is 22.4 Å². The average molecular weight is 375 g/mol. The normalized spacial score (nSPS) is 11.5. The van der Waals surface area contributed by atoms with Crippen molar-refractivity contribution < 1.29 is 4.74 Å². The third-order valence-electron chi connectivity index (χ3n) is 3.78. The number of nitriles is 1. The topological polar surface area (TPSA) is 58.8 Å². The van der Waals surface area contributed by atoms with E-state index in [1.807, 2.05) is 53.9 Å². The van der Waals surface area contributed by atoms with Gasteiger partial charge < -0.3 is 4.74 Å². The minimum atomic E-state index is 0.522. The van der Waals surface area contributed by atoms with E-state index in [4.69, 9.17) is 4.74 Å². The van der Waals surface area contributed by atoms with Crippen LogP contribution in [0.3, 0.4) is 0 Å². The van der Waals surface area contributed by atoms with E-state index < -0.39 is 0 Å². The molecule has 0 aliphatic rings. The summed E-state index contributed by atoms with van der Waals surface area (Å²) in [5, 5.41) is 13.1. The van der Waals surface area contributed by atoms with Gasteiger partial charge in [0, 0.05) is 10.9 Å². The van der Waals surface area contributed by atoms with Gasteiger partial charge in [0.15, 0.2) is 0 Å². The molecule has 4 rings (SSSR count). The fourth-order valence-electron chi connectivity index (χ4n) is 2.52. The second kappa shape index (κ2) is 7.08. The van der Waals surface area contributed by atoms with Crippen LogP contribution >= 0.6 is 22.7 Å². The Balaban J connectivity index is 1.68. The van der Waals surface area contributed by atoms with Crippen molar-refractivity contribution >= 4 is 44.5 Å². The molecule has 2 aromatic heterocycles. The van der Waals surface area contributed by atoms with Crippen LogP contribution in [-0.2, 0) is 0 Å². The monoisotopic (exact) mass is 375 g/mol. The first-order valence-corrected chi connectivity index (χ1v) is 9.54. The van der Waals surface area contributed by atoms with E-state index in [-0.39, 0.29) is 0 Å². The zero-order chi connectivity index (χ0) is 17.9. The molecule has 6 heteroatoms. The lowest BCUT2D eigenvalue weighted by atomic mass is 10.2. The van der Waals surface area contributed by atoms with Gasteiger partial charge in [-0.3, -0.25) is 0 Å². The standard InChI is InChI=1S/C20H13N3OS2/c1-24-16-6-4-5-13(10-16)19-22-15(12-25-19)9-14(11-21)20-23-17-7-2-3-8-18(17)26-20/h2-10,12H,1H3/b14-9-. The number of nitrogens with zero attached hydrogens (tertiary/aromatic N) is 3. The maximum Gasteiger partial charge on any atom is 0.135 e. The lowest BCUT2D eigenvalue weighted by molar-refractivity contribution is 0.415. The van der Waals surface area contributed by atoms with Crippen molar-refractivity contribution in [2.24, 2.45) is 0 Å². The number of aromatic nitrogens is 2. The summed E-state index contributed by atoms with van der Waals surface area (Å²) >= 11 is 3.05. The Bertz CT molecular complexity index is 1120. The molecule has 4 nitrogen and oxygen atoms in total. The summed E-state index contributed by atoms with van der Waals surface area (Å²) in [6, 6.07) is 17.9. The third kappa shape index (κ3) is 3.23. The number of benzene rings is 2. The van der Waals surface area contributed by atoms with Crippen molar-refractivity contribution in [2.75, 3.05) is 7.11 Å². The van der Waals surface area contributed by atoms with Crippen LogP contribution in [0.2, 0.25) is 0 Å². The molecule has 126 valence electrons. The van der Waals surface area contributed by atoms with E-state index in [1.165, 1.54) is 22.7 Å². The first kappa shape index (κ1) is 16.5. The number of methoxy groups -OCH3 is 1. The molecule has 0 spiro atoms. The number of ether oxygens (including phenoxy) is 1. The maximum absolute atomic E-state index is 9.57. The SMILES string of the molecule is COc1cccc(-c2nc(/C=C(/C#N)c3nc4ccccc4s3)cs2)c1. The van der Waals surface area contributed by atoms with E-state index in [1.54, 1.807) is 13.2 Å². The molecule has 2 aromatic carbocycles. The molecule has 4 aromatic rings. The number of thiazole rings is 2. The summed E-state index contributed by atoms with van der Waals surface area (Å²) in [5.74, 6) is 0.794. The summed E-state index contributed by atoms with van der Waals surface area (Å²) < 4.78 is 6.34. The minimum Gasteiger partial charge on any atom is -0.497 e. The highest BCUT2D eigenvalue weighted by Gasteiger charge is 2.10. The number of fused-ring (bicyclic) bond motifs is 1. The first-order chi connectivity index (χ1) is 12.8. The predicted molar refractivity (Wildman–Crippen MR) is 107 cm³/mol. The van der Waals surface area contributed by atoms with Crippen molar-refractivity contribution in [3.05, 3.63) is 64.6 Å². The molecule has 26 heavy (non-hydrogen) atoms. The van der Waals surface area contributed by atoms with Crippen molar-refractivity contribution in [1.82, 2.24) is 9.97 Å². The summed E-state index contributed by atoms with van der Waals surface area (Å²) in [6.07, 6.45) is 1.79. The molecule has 0 aliphatic carbocycles. The van der Waals surface area contributed by atoms with Crippen LogP contribution in [0.5, 0.6) is 5.75 Å². The van der Waals surface area contributed by atoms with Gasteiger partial charge >= 0.3 is 0 Å². The van der Waals surface area contributed by atoms with Crippen molar-refractivity contribution in [3.63, 3.8) is 0 Å². The van der Waals surface area contributed by atoms with E-state index in [2.05, 4.69) is 16.0 Å². The maximum atomic E-state index is 9.57. The molecule has 0 radical (unpaired) electrons. The van der Waals surface area contributed by atoms with Gasteiger partial charge in [-0.1, -0.05) is 24.3 Å². The Morgan fingerprint density at radius 2 is 2.04 bits per heavy atom. The number of rotatable bonds is 4. The van der Waals surface area contributed by atoms with Gasteiger partial charge in [-0.2, -0.15) is 5.26 Å². The zero-order valence-electron chi connectivity index (χ0n) is 13.8. The summed E-state index contributed by atoms with van der Waals surface area (Å²) in [6.45, 7) is 0. The van der Waals surface area contributed by atoms with Crippen LogP contribution in [0.15, 0.2) is 53.9 Å². The number of allylic oxidation sites excluding steroid dienone is 1. The van der Waals surface area contributed by atoms with Crippen LogP contribution in [0.25, 0.3) is 32.4 Å². The van der Waals surface area contributed by atoms with Gasteiger partial charge in [0.05, 0.1) is 28.6 Å². The Morgan fingerprint density at radius 1 is 1.15 bits per heavy atom. The van der Waals surface area contributed by atoms with E-state index in [0.717, 1.165) is 32.2 Å². The zero-order valence-corrected chi connectivity index (χ0v) is 15.5. The van der Waals surface area contributed by atoms with Gasteiger partial charge in [-0.25, -0.2) is 9.97 Å². The van der Waals surface area contributed by atoms with Crippen LogP contribution < -0.4 is 4.74 Å². The lowest BCUT2D eigenvalue weighted by Gasteiger charge is -2.00. The summed E-state index contributed by atoms with van der Waals surface area (Å²) in [5.41, 5.74) is 3.17. The number of hydrogen-bond donors (Lipinski definition) is 0. The van der Waals surface area contributed by atoms with E-state index in [0.29, 0.717) is 10.6 Å². The molecule has 0 saturated carbocycles. The Hall–Kier alpha value is -3.01. The average Bonchev–Trinajstić information content (AvgIpc) is 3.33. The van der Waals surface area contributed by atoms with Gasteiger partial charge in [0.1, 0.15) is 21.8 Å². The molecule has 0 aliphatic heterocycles. The summed E-state index contributed by atoms with van der Waals surface area (Å²) in [4.78, 5) is 9.19. The van der Waals surface area contributed by atoms with Gasteiger partial charge in [0.25, 0.3) is 0 Å². The highest BCUT2D eigenvalue weighted by molar-refractivity contribution is 7.19. The second-order valence-electron chi connectivity index (χ2n) is 5.47. The Labute approximate surface area is 158 Å². The molecule has 2 heterocycles. The Morgan fingerprint density at radius 3 is 2.85 bits per heavy atom. The van der Waals surface area contributed by atoms with Crippen molar-refractivity contribution in [1.29, 1.82) is 5.26 Å². The smallest absolute Gasteiger partial charge is 0.135 e.